The third-order valence-corrected chi connectivity index (χ3v) is 7.57. The van der Waals surface area contributed by atoms with Crippen LogP contribution >= 0.6 is 15.9 Å². The molecule has 31 heavy (non-hydrogen) atoms. The molecule has 6 heteroatoms. The number of rotatable bonds is 3. The Morgan fingerprint density at radius 2 is 1.94 bits per heavy atom. The number of ketones is 2. The number of ether oxygens (including phenoxy) is 1. The highest BCUT2D eigenvalue weighted by Crippen LogP contribution is 2.53. The largest absolute Gasteiger partial charge is 0.507 e. The van der Waals surface area contributed by atoms with Gasteiger partial charge in [0.05, 0.1) is 21.2 Å². The Bertz CT molecular complexity index is 1090. The van der Waals surface area contributed by atoms with Crippen LogP contribution in [-0.4, -0.2) is 27.4 Å². The lowest BCUT2D eigenvalue weighted by Crippen LogP contribution is -2.50. The molecule has 3 atom stereocenters. The van der Waals surface area contributed by atoms with Gasteiger partial charge >= 0.3 is 0 Å². The van der Waals surface area contributed by atoms with Crippen LogP contribution in [-0.2, 0) is 4.74 Å². The summed E-state index contributed by atoms with van der Waals surface area (Å²) in [5.41, 5.74) is 2.03. The molecule has 0 saturated carbocycles. The third-order valence-electron chi connectivity index (χ3n) is 6.77. The highest BCUT2D eigenvalue weighted by molar-refractivity contribution is 9.10. The van der Waals surface area contributed by atoms with E-state index in [-0.39, 0.29) is 44.7 Å². The predicted molar refractivity (Wildman–Crippen MR) is 121 cm³/mol. The lowest BCUT2D eigenvalue weighted by Gasteiger charge is -2.49. The molecule has 0 amide bonds. The van der Waals surface area contributed by atoms with Crippen molar-refractivity contribution in [1.82, 2.24) is 0 Å². The van der Waals surface area contributed by atoms with Crippen LogP contribution in [0.15, 0.2) is 45.2 Å². The van der Waals surface area contributed by atoms with Crippen LogP contribution in [0, 0.1) is 11.8 Å². The van der Waals surface area contributed by atoms with Gasteiger partial charge in [0.15, 0.2) is 11.5 Å². The van der Waals surface area contributed by atoms with E-state index >= 15 is 0 Å². The predicted octanol–water partition coefficient (Wildman–Crippen LogP) is 6.00. The van der Waals surface area contributed by atoms with Crippen LogP contribution < -0.4 is 0 Å². The summed E-state index contributed by atoms with van der Waals surface area (Å²) >= 11 is 3.24. The Hall–Kier alpha value is -2.34. The minimum Gasteiger partial charge on any atom is -0.507 e. The molecule has 3 aliphatic rings. The first-order chi connectivity index (χ1) is 14.5. The molecular weight excluding hydrogens is 460 g/mol. The zero-order chi connectivity index (χ0) is 22.7. The quantitative estimate of drug-likeness (QED) is 0.511. The van der Waals surface area contributed by atoms with Crippen molar-refractivity contribution in [3.05, 3.63) is 56.3 Å². The highest BCUT2D eigenvalue weighted by atomic mass is 79.9. The number of phenolic OH excluding ortho intramolecular Hbond substituents is 2. The number of benzene rings is 1. The van der Waals surface area contributed by atoms with E-state index in [0.29, 0.717) is 5.57 Å². The number of phenols is 2. The summed E-state index contributed by atoms with van der Waals surface area (Å²) < 4.78 is 6.51. The second-order valence-corrected chi connectivity index (χ2v) is 10.1. The Labute approximate surface area is 190 Å². The van der Waals surface area contributed by atoms with Gasteiger partial charge in [-0.3, -0.25) is 9.59 Å². The second kappa shape index (κ2) is 7.66. The molecule has 2 aliphatic carbocycles. The summed E-state index contributed by atoms with van der Waals surface area (Å²) in [5, 5.41) is 20.5. The molecule has 0 unspecified atom stereocenters. The van der Waals surface area contributed by atoms with Crippen molar-refractivity contribution in [1.29, 1.82) is 0 Å². The van der Waals surface area contributed by atoms with E-state index in [1.165, 1.54) is 11.1 Å². The number of carbonyl (C=O) groups excluding carboxylic acids is 2. The fraction of sp³-hybridized carbons (Fsp3) is 0.440. The molecule has 1 aromatic carbocycles. The van der Waals surface area contributed by atoms with Crippen molar-refractivity contribution in [2.24, 2.45) is 11.8 Å². The van der Waals surface area contributed by atoms with Crippen molar-refractivity contribution in [3.63, 3.8) is 0 Å². The molecule has 0 bridgehead atoms. The monoisotopic (exact) mass is 486 g/mol. The van der Waals surface area contributed by atoms with Gasteiger partial charge in [0.2, 0.25) is 5.78 Å². The summed E-state index contributed by atoms with van der Waals surface area (Å²) in [7, 11) is 0. The van der Waals surface area contributed by atoms with E-state index in [0.717, 1.165) is 31.7 Å². The van der Waals surface area contributed by atoms with Crippen LogP contribution in [0.5, 0.6) is 11.5 Å². The number of allylic oxidation sites excluding steroid dienone is 6. The second-order valence-electron chi connectivity index (χ2n) is 9.30. The Balaban J connectivity index is 1.89. The first-order valence-electron chi connectivity index (χ1n) is 10.6. The number of aromatic hydroxyl groups is 2. The van der Waals surface area contributed by atoms with Gasteiger partial charge in [-0.15, -0.1) is 0 Å². The van der Waals surface area contributed by atoms with Crippen molar-refractivity contribution in [2.75, 3.05) is 0 Å². The Morgan fingerprint density at radius 1 is 1.23 bits per heavy atom. The van der Waals surface area contributed by atoms with E-state index in [4.69, 9.17) is 4.74 Å². The maximum absolute atomic E-state index is 13.6. The standard InChI is InChI=1S/C25H27BrO5/c1-12(2)6-5-9-25(4)15-8-7-13(3)10-14(15)18-22(29)20-19(23(30)24(18)31-25)16(27)11-17(28)21(20)26/h6,10-11,14-15,27-28H,5,7-9H2,1-4H3/t14-,15+,25-/m1/s1. The Kier molecular flexibility index (Phi) is 5.41. The number of halogens is 1. The molecule has 0 aromatic heterocycles. The third kappa shape index (κ3) is 3.45. The molecule has 164 valence electrons. The molecule has 1 heterocycles. The van der Waals surface area contributed by atoms with Crippen molar-refractivity contribution in [3.8, 4) is 11.5 Å². The minimum absolute atomic E-state index is 0.00775. The van der Waals surface area contributed by atoms with Gasteiger partial charge < -0.3 is 14.9 Å². The van der Waals surface area contributed by atoms with Crippen molar-refractivity contribution in [2.45, 2.75) is 59.0 Å². The number of hydrogen-bond donors (Lipinski definition) is 2. The average Bonchev–Trinajstić information content (AvgIpc) is 2.68. The maximum Gasteiger partial charge on any atom is 0.232 e. The van der Waals surface area contributed by atoms with Crippen molar-refractivity contribution >= 4 is 27.5 Å². The van der Waals surface area contributed by atoms with Gasteiger partial charge in [-0.05, 0) is 69.3 Å². The molecule has 5 nitrogen and oxygen atoms in total. The first kappa shape index (κ1) is 21.9. The summed E-state index contributed by atoms with van der Waals surface area (Å²) in [6, 6.07) is 1.07. The Morgan fingerprint density at radius 3 is 2.61 bits per heavy atom. The van der Waals surface area contributed by atoms with E-state index in [2.05, 4.69) is 41.9 Å². The molecule has 0 radical (unpaired) electrons. The van der Waals surface area contributed by atoms with Gasteiger partial charge in [0.25, 0.3) is 0 Å². The topological polar surface area (TPSA) is 83.8 Å². The van der Waals surface area contributed by atoms with Crippen LogP contribution in [0.1, 0.15) is 74.1 Å². The number of Topliss-reactive ketones (excluding diaryl/α,β-unsaturated/α-hetero) is 2. The normalized spacial score (nSPS) is 27.1. The average molecular weight is 487 g/mol. The number of fused-ring (bicyclic) bond motifs is 3. The molecule has 0 fully saturated rings. The number of carbonyl (C=O) groups is 2. The van der Waals surface area contributed by atoms with Crippen LogP contribution in [0.3, 0.4) is 0 Å². The summed E-state index contributed by atoms with van der Waals surface area (Å²) in [5.74, 6) is -1.73. The van der Waals surface area contributed by atoms with E-state index in [9.17, 15) is 19.8 Å². The SMILES string of the molecule is CC(C)=CCC[C@@]1(C)OC2=C(C(=O)c3c(Br)c(O)cc(O)c3C2=O)[C@@H]2C=C(C)CC[C@@H]21. The minimum atomic E-state index is -0.607. The van der Waals surface area contributed by atoms with E-state index in [1.54, 1.807) is 0 Å². The fourth-order valence-electron chi connectivity index (χ4n) is 5.18. The van der Waals surface area contributed by atoms with Crippen molar-refractivity contribution < 1.29 is 24.5 Å². The molecule has 1 aliphatic heterocycles. The van der Waals surface area contributed by atoms with Gasteiger partial charge in [-0.2, -0.15) is 0 Å². The molecule has 1 aromatic rings. The lowest BCUT2D eigenvalue weighted by atomic mass is 9.63. The van der Waals surface area contributed by atoms with Crippen LogP contribution in [0.25, 0.3) is 0 Å². The fourth-order valence-corrected chi connectivity index (χ4v) is 5.68. The lowest BCUT2D eigenvalue weighted by molar-refractivity contribution is -0.0682. The maximum atomic E-state index is 13.6. The van der Waals surface area contributed by atoms with Gasteiger partial charge in [-0.25, -0.2) is 0 Å². The van der Waals surface area contributed by atoms with Gasteiger partial charge in [0.1, 0.15) is 17.1 Å². The summed E-state index contributed by atoms with van der Waals surface area (Å²) in [4.78, 5) is 27.1. The first-order valence-corrected chi connectivity index (χ1v) is 11.4. The smallest absolute Gasteiger partial charge is 0.232 e. The van der Waals surface area contributed by atoms with Gasteiger partial charge in [-0.1, -0.05) is 23.3 Å². The number of hydrogen-bond acceptors (Lipinski definition) is 5. The molecule has 0 spiro atoms. The molecule has 2 N–H and O–H groups in total. The van der Waals surface area contributed by atoms with E-state index < -0.39 is 17.1 Å². The molecule has 4 rings (SSSR count). The van der Waals surface area contributed by atoms with Gasteiger partial charge in [0, 0.05) is 17.9 Å². The molecular formula is C25H27BrO5. The van der Waals surface area contributed by atoms with E-state index in [1.807, 2.05) is 13.8 Å². The summed E-state index contributed by atoms with van der Waals surface area (Å²) in [6.07, 6.45) is 7.59. The zero-order valence-corrected chi connectivity index (χ0v) is 19.8. The summed E-state index contributed by atoms with van der Waals surface area (Å²) in [6.45, 7) is 8.18. The zero-order valence-electron chi connectivity index (χ0n) is 18.2. The highest BCUT2D eigenvalue weighted by Gasteiger charge is 2.53. The van der Waals surface area contributed by atoms with Crippen LogP contribution in [0.4, 0.5) is 0 Å². The molecule has 0 saturated heterocycles. The van der Waals surface area contributed by atoms with Crippen LogP contribution in [0.2, 0.25) is 0 Å².